The Labute approximate surface area is 203 Å². The topological polar surface area (TPSA) is 70.6 Å². The highest BCUT2D eigenvalue weighted by Gasteiger charge is 2.30. The van der Waals surface area contributed by atoms with E-state index >= 15 is 0 Å². The fourth-order valence-electron chi connectivity index (χ4n) is 4.17. The number of hydrogen-bond donors (Lipinski definition) is 0. The van der Waals surface area contributed by atoms with Crippen LogP contribution in [-0.2, 0) is 10.0 Å². The number of carbonyl (C=O) groups is 1. The van der Waals surface area contributed by atoms with E-state index in [0.717, 1.165) is 21.9 Å². The van der Waals surface area contributed by atoms with Gasteiger partial charge in [0, 0.05) is 49.2 Å². The average molecular weight is 492 g/mol. The molecule has 8 heteroatoms. The Kier molecular flexibility index (Phi) is 6.08. The van der Waals surface area contributed by atoms with Crippen LogP contribution in [0, 0.1) is 0 Å². The van der Waals surface area contributed by atoms with Crippen molar-refractivity contribution in [2.45, 2.75) is 4.90 Å². The van der Waals surface area contributed by atoms with Crippen molar-refractivity contribution in [3.8, 4) is 11.1 Å². The molecule has 1 aromatic heterocycles. The maximum Gasteiger partial charge on any atom is 0.253 e. The molecule has 1 saturated heterocycles. The van der Waals surface area contributed by atoms with E-state index in [0.29, 0.717) is 23.7 Å². The third kappa shape index (κ3) is 4.42. The Morgan fingerprint density at radius 1 is 0.765 bits per heavy atom. The van der Waals surface area contributed by atoms with Crippen LogP contribution in [-0.4, -0.2) is 54.7 Å². The lowest BCUT2D eigenvalue weighted by atomic mass is 10.0. The summed E-state index contributed by atoms with van der Waals surface area (Å²) in [5.41, 5.74) is 2.62. The minimum absolute atomic E-state index is 0.0964. The number of piperazine rings is 1. The molecule has 0 bridgehead atoms. The van der Waals surface area contributed by atoms with Crippen molar-refractivity contribution in [2.24, 2.45) is 0 Å². The summed E-state index contributed by atoms with van der Waals surface area (Å²) in [7, 11) is -3.66. The second kappa shape index (κ2) is 9.18. The molecule has 3 aromatic carbocycles. The van der Waals surface area contributed by atoms with Crippen LogP contribution < -0.4 is 0 Å². The van der Waals surface area contributed by atoms with E-state index in [9.17, 15) is 13.2 Å². The largest absolute Gasteiger partial charge is 0.336 e. The highest BCUT2D eigenvalue weighted by molar-refractivity contribution is 7.89. The number of nitrogens with zero attached hydrogens (tertiary/aromatic N) is 3. The van der Waals surface area contributed by atoms with Gasteiger partial charge in [-0.25, -0.2) is 8.42 Å². The highest BCUT2D eigenvalue weighted by Crippen LogP contribution is 2.25. The van der Waals surface area contributed by atoms with E-state index in [-0.39, 0.29) is 23.9 Å². The molecule has 1 fully saturated rings. The molecule has 0 atom stereocenters. The molecule has 5 rings (SSSR count). The first-order valence-electron chi connectivity index (χ1n) is 10.9. The van der Waals surface area contributed by atoms with Gasteiger partial charge in [-0.05, 0) is 70.4 Å². The number of pyridine rings is 1. The molecule has 172 valence electrons. The molecule has 2 heterocycles. The Morgan fingerprint density at radius 2 is 1.38 bits per heavy atom. The SMILES string of the molecule is O=C(c1ccc(-c2ccncc2)cc1)N1CCN(S(=O)(=O)c2ccc3cc(Cl)ccc3c2)CC1. The number of benzene rings is 3. The average Bonchev–Trinajstić information content (AvgIpc) is 2.88. The number of hydrogen-bond acceptors (Lipinski definition) is 4. The molecule has 0 saturated carbocycles. The molecule has 0 aliphatic carbocycles. The minimum Gasteiger partial charge on any atom is -0.336 e. The molecule has 4 aromatic rings. The standard InChI is InChI=1S/C26H22ClN3O3S/c27-24-7-5-23-18-25(8-6-22(23)17-24)34(32,33)30-15-13-29(14-16-30)26(31)21-3-1-19(2-4-21)20-9-11-28-12-10-20/h1-12,17-18H,13-16H2. The lowest BCUT2D eigenvalue weighted by Crippen LogP contribution is -2.50. The first kappa shape index (κ1) is 22.5. The molecule has 0 spiro atoms. The molecule has 0 unspecified atom stereocenters. The summed E-state index contributed by atoms with van der Waals surface area (Å²) in [5, 5.41) is 2.31. The first-order chi connectivity index (χ1) is 16.4. The Bertz CT molecular complexity index is 1450. The summed E-state index contributed by atoms with van der Waals surface area (Å²) in [4.78, 5) is 19.0. The molecule has 6 nitrogen and oxygen atoms in total. The minimum atomic E-state index is -3.66. The van der Waals surface area contributed by atoms with E-state index in [1.165, 1.54) is 4.31 Å². The smallest absolute Gasteiger partial charge is 0.253 e. The second-order valence-electron chi connectivity index (χ2n) is 8.16. The maximum absolute atomic E-state index is 13.2. The van der Waals surface area contributed by atoms with Crippen LogP contribution in [0.4, 0.5) is 0 Å². The zero-order valence-corrected chi connectivity index (χ0v) is 19.8. The Hall–Kier alpha value is -3.26. The number of sulfonamides is 1. The summed E-state index contributed by atoms with van der Waals surface area (Å²) in [5.74, 6) is -0.0964. The summed E-state index contributed by atoms with van der Waals surface area (Å²) in [6.07, 6.45) is 3.46. The van der Waals surface area contributed by atoms with Gasteiger partial charge < -0.3 is 4.90 Å². The predicted octanol–water partition coefficient (Wildman–Crippen LogP) is 4.70. The van der Waals surface area contributed by atoms with Gasteiger partial charge >= 0.3 is 0 Å². The fraction of sp³-hybridized carbons (Fsp3) is 0.154. The molecule has 0 N–H and O–H groups in total. The van der Waals surface area contributed by atoms with Crippen molar-refractivity contribution in [3.63, 3.8) is 0 Å². The van der Waals surface area contributed by atoms with Crippen molar-refractivity contribution in [1.82, 2.24) is 14.2 Å². The monoisotopic (exact) mass is 491 g/mol. The molecule has 1 aliphatic heterocycles. The van der Waals surface area contributed by atoms with E-state index in [1.54, 1.807) is 47.6 Å². The zero-order valence-electron chi connectivity index (χ0n) is 18.3. The maximum atomic E-state index is 13.2. The normalized spacial score (nSPS) is 14.9. The lowest BCUT2D eigenvalue weighted by Gasteiger charge is -2.34. The third-order valence-electron chi connectivity index (χ3n) is 6.08. The lowest BCUT2D eigenvalue weighted by molar-refractivity contribution is 0.0698. The van der Waals surface area contributed by atoms with Gasteiger partial charge in [0.25, 0.3) is 5.91 Å². The third-order valence-corrected chi connectivity index (χ3v) is 8.21. The van der Waals surface area contributed by atoms with Crippen LogP contribution >= 0.6 is 11.6 Å². The van der Waals surface area contributed by atoms with Gasteiger partial charge in [0.2, 0.25) is 10.0 Å². The molecular formula is C26H22ClN3O3S. The first-order valence-corrected chi connectivity index (χ1v) is 12.7. The number of fused-ring (bicyclic) bond motifs is 1. The van der Waals surface area contributed by atoms with Crippen molar-refractivity contribution >= 4 is 38.3 Å². The van der Waals surface area contributed by atoms with Crippen LogP contribution in [0.15, 0.2) is 90.1 Å². The van der Waals surface area contributed by atoms with Crippen LogP contribution in [0.25, 0.3) is 21.9 Å². The molecule has 1 aliphatic rings. The summed E-state index contributed by atoms with van der Waals surface area (Å²) in [6, 6.07) is 21.7. The summed E-state index contributed by atoms with van der Waals surface area (Å²) < 4.78 is 27.9. The van der Waals surface area contributed by atoms with Gasteiger partial charge in [0.1, 0.15) is 0 Å². The van der Waals surface area contributed by atoms with Crippen LogP contribution in [0.1, 0.15) is 10.4 Å². The fourth-order valence-corrected chi connectivity index (χ4v) is 5.81. The van der Waals surface area contributed by atoms with E-state index in [2.05, 4.69) is 4.98 Å². The van der Waals surface area contributed by atoms with Gasteiger partial charge in [0.15, 0.2) is 0 Å². The predicted molar refractivity (Wildman–Crippen MR) is 133 cm³/mol. The number of amides is 1. The molecule has 1 amide bonds. The molecular weight excluding hydrogens is 470 g/mol. The van der Waals surface area contributed by atoms with E-state index in [4.69, 9.17) is 11.6 Å². The van der Waals surface area contributed by atoms with Gasteiger partial charge in [-0.3, -0.25) is 9.78 Å². The van der Waals surface area contributed by atoms with Gasteiger partial charge in [-0.15, -0.1) is 0 Å². The summed E-state index contributed by atoms with van der Waals surface area (Å²) in [6.45, 7) is 1.18. The van der Waals surface area contributed by atoms with E-state index < -0.39 is 10.0 Å². The number of halogens is 1. The highest BCUT2D eigenvalue weighted by atomic mass is 35.5. The van der Waals surface area contributed by atoms with Crippen molar-refractivity contribution < 1.29 is 13.2 Å². The zero-order chi connectivity index (χ0) is 23.7. The molecule has 34 heavy (non-hydrogen) atoms. The van der Waals surface area contributed by atoms with Gasteiger partial charge in [0.05, 0.1) is 4.90 Å². The van der Waals surface area contributed by atoms with Crippen molar-refractivity contribution in [3.05, 3.63) is 95.8 Å². The van der Waals surface area contributed by atoms with Crippen molar-refractivity contribution in [2.75, 3.05) is 26.2 Å². The Balaban J connectivity index is 1.27. The number of aromatic nitrogens is 1. The quantitative estimate of drug-likeness (QED) is 0.415. The van der Waals surface area contributed by atoms with Crippen LogP contribution in [0.2, 0.25) is 5.02 Å². The van der Waals surface area contributed by atoms with Crippen molar-refractivity contribution in [1.29, 1.82) is 0 Å². The van der Waals surface area contributed by atoms with Gasteiger partial charge in [-0.2, -0.15) is 4.31 Å². The second-order valence-corrected chi connectivity index (χ2v) is 10.5. The Morgan fingerprint density at radius 3 is 2.09 bits per heavy atom. The van der Waals surface area contributed by atoms with Crippen LogP contribution in [0.3, 0.4) is 0 Å². The van der Waals surface area contributed by atoms with E-state index in [1.807, 2.05) is 42.5 Å². The molecule has 0 radical (unpaired) electrons. The number of rotatable bonds is 4. The summed E-state index contributed by atoms with van der Waals surface area (Å²) >= 11 is 6.03. The number of carbonyl (C=O) groups excluding carboxylic acids is 1. The van der Waals surface area contributed by atoms with Gasteiger partial charge in [-0.1, -0.05) is 35.9 Å². The van der Waals surface area contributed by atoms with Crippen LogP contribution in [0.5, 0.6) is 0 Å².